The number of rotatable bonds is 6. The van der Waals surface area contributed by atoms with Gasteiger partial charge in [0.15, 0.2) is 0 Å². The van der Waals surface area contributed by atoms with Crippen LogP contribution in [0, 0.1) is 11.6 Å². The van der Waals surface area contributed by atoms with Crippen molar-refractivity contribution in [2.24, 2.45) is 0 Å². The molecule has 0 saturated heterocycles. The molecule has 0 aliphatic carbocycles. The lowest BCUT2D eigenvalue weighted by molar-refractivity contribution is 0.392. The monoisotopic (exact) mass is 612 g/mol. The Morgan fingerprint density at radius 2 is 1.45 bits per heavy atom. The first-order valence-electron chi connectivity index (χ1n) is 13.9. The van der Waals surface area contributed by atoms with E-state index in [9.17, 15) is 22.3 Å². The van der Waals surface area contributed by atoms with E-state index in [1.807, 2.05) is 16.9 Å². The summed E-state index contributed by atoms with van der Waals surface area (Å²) in [5.74, 6) is -1.28. The normalized spacial score (nSPS) is 14.4. The summed E-state index contributed by atoms with van der Waals surface area (Å²) in [6, 6.07) is 26.6. The molecule has 44 heavy (non-hydrogen) atoms. The number of hydrogen-bond acceptors (Lipinski definition) is 4. The van der Waals surface area contributed by atoms with E-state index in [1.165, 1.54) is 17.7 Å². The Bertz CT molecular complexity index is 1980. The fourth-order valence-electron chi connectivity index (χ4n) is 5.12. The molecule has 2 heterocycles. The third-order valence-corrected chi connectivity index (χ3v) is 8.80. The van der Waals surface area contributed by atoms with E-state index >= 15 is 0 Å². The standard InChI is InChI=1S/C34H30F2N4O3S/c1-34(2,3)25-10-8-24(9-11-25)23-6-4-22(5-7-23)18-32-37-31(29-17-12-26(35)19-30(29)36)20-39(32)27-13-15-28(16-14-27)40-21-33(41)38-44(40,42)43/h4-17,19-21,38,41H,18H2,1-3H3. The number of aliphatic hydroxyl groups excluding tert-OH is 1. The maximum atomic E-state index is 14.7. The number of halogens is 2. The summed E-state index contributed by atoms with van der Waals surface area (Å²) in [7, 11) is -3.94. The molecule has 0 unspecified atom stereocenters. The van der Waals surface area contributed by atoms with Crippen LogP contribution in [0.1, 0.15) is 37.7 Å². The Hall–Kier alpha value is -4.96. The van der Waals surface area contributed by atoms with E-state index < -0.39 is 27.7 Å². The van der Waals surface area contributed by atoms with Gasteiger partial charge in [-0.3, -0.25) is 0 Å². The van der Waals surface area contributed by atoms with Crippen molar-refractivity contribution in [2.45, 2.75) is 32.6 Å². The van der Waals surface area contributed by atoms with Gasteiger partial charge in [0.05, 0.1) is 17.6 Å². The maximum absolute atomic E-state index is 14.7. The van der Waals surface area contributed by atoms with Gasteiger partial charge in [-0.15, -0.1) is 0 Å². The van der Waals surface area contributed by atoms with E-state index in [0.717, 1.165) is 33.3 Å². The van der Waals surface area contributed by atoms with Crippen LogP contribution in [0.25, 0.3) is 28.1 Å². The minimum absolute atomic E-state index is 0.0728. The van der Waals surface area contributed by atoms with Gasteiger partial charge >= 0.3 is 10.2 Å². The van der Waals surface area contributed by atoms with Gasteiger partial charge in [0, 0.05) is 29.9 Å². The van der Waals surface area contributed by atoms with E-state index in [-0.39, 0.29) is 11.0 Å². The molecule has 6 rings (SSSR count). The molecule has 0 fully saturated rings. The van der Waals surface area contributed by atoms with Crippen LogP contribution < -0.4 is 9.03 Å². The molecule has 0 atom stereocenters. The Morgan fingerprint density at radius 1 is 0.841 bits per heavy atom. The second-order valence-corrected chi connectivity index (χ2v) is 13.2. The van der Waals surface area contributed by atoms with E-state index in [4.69, 9.17) is 4.98 Å². The van der Waals surface area contributed by atoms with Gasteiger partial charge in [-0.1, -0.05) is 69.3 Å². The first-order chi connectivity index (χ1) is 20.9. The summed E-state index contributed by atoms with van der Waals surface area (Å²) in [4.78, 5) is 4.73. The molecule has 0 amide bonds. The fraction of sp³-hybridized carbons (Fsp3) is 0.147. The highest BCUT2D eigenvalue weighted by Crippen LogP contribution is 2.30. The molecule has 0 bridgehead atoms. The third-order valence-electron chi connectivity index (χ3n) is 7.50. The Balaban J connectivity index is 1.33. The van der Waals surface area contributed by atoms with E-state index in [2.05, 4.69) is 57.2 Å². The zero-order valence-electron chi connectivity index (χ0n) is 24.3. The van der Waals surface area contributed by atoms with Crippen LogP contribution in [0.3, 0.4) is 0 Å². The zero-order chi connectivity index (χ0) is 31.2. The molecule has 5 aromatic rings. The molecule has 10 heteroatoms. The molecular formula is C34H30F2N4O3S. The molecular weight excluding hydrogens is 582 g/mol. The van der Waals surface area contributed by atoms with Crippen molar-refractivity contribution in [1.82, 2.24) is 14.3 Å². The minimum Gasteiger partial charge on any atom is -0.493 e. The van der Waals surface area contributed by atoms with Crippen molar-refractivity contribution in [3.63, 3.8) is 0 Å². The lowest BCUT2D eigenvalue weighted by Gasteiger charge is -2.19. The quantitative estimate of drug-likeness (QED) is 0.209. The molecule has 1 aliphatic heterocycles. The van der Waals surface area contributed by atoms with Crippen LogP contribution in [-0.2, 0) is 22.0 Å². The number of hydrogen-bond donors (Lipinski definition) is 2. The molecule has 0 radical (unpaired) electrons. The van der Waals surface area contributed by atoms with Gasteiger partial charge in [-0.05, 0) is 64.1 Å². The topological polar surface area (TPSA) is 87.5 Å². The van der Waals surface area contributed by atoms with Crippen molar-refractivity contribution in [1.29, 1.82) is 0 Å². The maximum Gasteiger partial charge on any atom is 0.330 e. The molecule has 1 aliphatic rings. The molecule has 0 saturated carbocycles. The molecule has 2 N–H and O–H groups in total. The van der Waals surface area contributed by atoms with Crippen molar-refractivity contribution >= 4 is 15.9 Å². The molecule has 1 aromatic heterocycles. The number of anilines is 1. The number of aromatic nitrogens is 2. The smallest absolute Gasteiger partial charge is 0.330 e. The van der Waals surface area contributed by atoms with Gasteiger partial charge in [-0.2, -0.15) is 8.42 Å². The second kappa shape index (κ2) is 10.9. The van der Waals surface area contributed by atoms with Gasteiger partial charge in [0.1, 0.15) is 17.5 Å². The lowest BCUT2D eigenvalue weighted by atomic mass is 9.86. The number of nitrogens with one attached hydrogen (secondary N) is 1. The van der Waals surface area contributed by atoms with Crippen molar-refractivity contribution in [3.05, 3.63) is 138 Å². The average Bonchev–Trinajstić information content (AvgIpc) is 3.51. The summed E-state index contributed by atoms with van der Waals surface area (Å²) in [6.45, 7) is 6.55. The predicted octanol–water partition coefficient (Wildman–Crippen LogP) is 7.38. The van der Waals surface area contributed by atoms with Gasteiger partial charge < -0.3 is 9.67 Å². The summed E-state index contributed by atoms with van der Waals surface area (Å²) in [5, 5.41) is 9.64. The zero-order valence-corrected chi connectivity index (χ0v) is 25.1. The first kappa shape index (κ1) is 29.1. The Kier molecular flexibility index (Phi) is 7.25. The van der Waals surface area contributed by atoms with E-state index in [0.29, 0.717) is 29.3 Å². The second-order valence-electron chi connectivity index (χ2n) is 11.7. The first-order valence-corrected chi connectivity index (χ1v) is 15.4. The molecule has 7 nitrogen and oxygen atoms in total. The highest BCUT2D eigenvalue weighted by Gasteiger charge is 2.28. The Labute approximate surface area is 254 Å². The lowest BCUT2D eigenvalue weighted by Crippen LogP contribution is -2.29. The molecule has 224 valence electrons. The average molecular weight is 613 g/mol. The predicted molar refractivity (Wildman–Crippen MR) is 168 cm³/mol. The van der Waals surface area contributed by atoms with Crippen LogP contribution in [0.4, 0.5) is 14.5 Å². The van der Waals surface area contributed by atoms with Crippen LogP contribution in [0.2, 0.25) is 0 Å². The minimum atomic E-state index is -3.94. The summed E-state index contributed by atoms with van der Waals surface area (Å²) >= 11 is 0. The highest BCUT2D eigenvalue weighted by molar-refractivity contribution is 7.91. The van der Waals surface area contributed by atoms with Crippen molar-refractivity contribution < 1.29 is 22.3 Å². The largest absolute Gasteiger partial charge is 0.493 e. The van der Waals surface area contributed by atoms with Gasteiger partial charge in [0.2, 0.25) is 5.88 Å². The number of benzene rings is 4. The number of imidazole rings is 1. The van der Waals surface area contributed by atoms with Crippen LogP contribution >= 0.6 is 0 Å². The van der Waals surface area contributed by atoms with E-state index in [1.54, 1.807) is 35.0 Å². The third kappa shape index (κ3) is 5.80. The fourth-order valence-corrected chi connectivity index (χ4v) is 6.17. The molecule has 4 aromatic carbocycles. The highest BCUT2D eigenvalue weighted by atomic mass is 32.2. The summed E-state index contributed by atoms with van der Waals surface area (Å²) < 4.78 is 57.7. The molecule has 0 spiro atoms. The summed E-state index contributed by atoms with van der Waals surface area (Å²) in [6.07, 6.45) is 3.16. The van der Waals surface area contributed by atoms with Gasteiger partial charge in [0.25, 0.3) is 0 Å². The number of nitrogens with zero attached hydrogens (tertiary/aromatic N) is 3. The summed E-state index contributed by atoms with van der Waals surface area (Å²) in [5.41, 5.74) is 5.95. The van der Waals surface area contributed by atoms with Crippen LogP contribution in [-0.4, -0.2) is 23.1 Å². The van der Waals surface area contributed by atoms with Crippen molar-refractivity contribution in [3.8, 4) is 28.1 Å². The van der Waals surface area contributed by atoms with Crippen LogP contribution in [0.5, 0.6) is 0 Å². The van der Waals surface area contributed by atoms with Crippen LogP contribution in [0.15, 0.2) is 109 Å². The Morgan fingerprint density at radius 3 is 2.02 bits per heavy atom. The SMILES string of the molecule is CC(C)(C)c1ccc(-c2ccc(Cc3nc(-c4ccc(F)cc4F)cn3-c3ccc(N4C=C(O)NS4(=O)=O)cc3)cc2)cc1. The van der Waals surface area contributed by atoms with Crippen molar-refractivity contribution in [2.75, 3.05) is 4.31 Å². The van der Waals surface area contributed by atoms with Gasteiger partial charge in [-0.25, -0.2) is 22.8 Å². The number of aliphatic hydroxyl groups is 1.